The van der Waals surface area contributed by atoms with Crippen LogP contribution in [0.25, 0.3) is 0 Å². The van der Waals surface area contributed by atoms with E-state index in [9.17, 15) is 19.2 Å². The topological polar surface area (TPSA) is 117 Å². The number of thioether (sulfide) groups is 1. The molecule has 1 unspecified atom stereocenters. The van der Waals surface area contributed by atoms with Crippen molar-refractivity contribution in [2.24, 2.45) is 0 Å². The highest BCUT2D eigenvalue weighted by Crippen LogP contribution is 2.25. The molecule has 148 valence electrons. The van der Waals surface area contributed by atoms with Gasteiger partial charge < -0.3 is 20.7 Å². The van der Waals surface area contributed by atoms with Crippen molar-refractivity contribution in [2.75, 3.05) is 46.7 Å². The molecule has 1 rings (SSSR count). The molecule has 10 heteroatoms. The van der Waals surface area contributed by atoms with Crippen molar-refractivity contribution in [3.63, 3.8) is 0 Å². The highest BCUT2D eigenvalue weighted by Gasteiger charge is 2.39. The van der Waals surface area contributed by atoms with Crippen LogP contribution in [0.3, 0.4) is 0 Å². The number of ether oxygens (including phenoxy) is 1. The molecule has 0 radical (unpaired) electrons. The largest absolute Gasteiger partial charge is 0.385 e. The van der Waals surface area contributed by atoms with Crippen LogP contribution in [0.4, 0.5) is 0 Å². The first-order valence-corrected chi connectivity index (χ1v) is 9.59. The zero-order valence-corrected chi connectivity index (χ0v) is 16.3. The van der Waals surface area contributed by atoms with Gasteiger partial charge in [-0.25, -0.2) is 0 Å². The van der Waals surface area contributed by atoms with Crippen molar-refractivity contribution in [1.29, 1.82) is 0 Å². The Kier molecular flexibility index (Phi) is 10.2. The van der Waals surface area contributed by atoms with E-state index in [0.717, 1.165) is 4.90 Å². The lowest BCUT2D eigenvalue weighted by Crippen LogP contribution is -2.43. The van der Waals surface area contributed by atoms with Gasteiger partial charge in [0.2, 0.25) is 23.6 Å². The van der Waals surface area contributed by atoms with Crippen LogP contribution in [0.5, 0.6) is 0 Å². The molecule has 0 aliphatic carbocycles. The molecule has 9 nitrogen and oxygen atoms in total. The number of carbonyl (C=O) groups is 4. The highest BCUT2D eigenvalue weighted by atomic mass is 32.2. The number of carbonyl (C=O) groups excluding carboxylic acids is 4. The van der Waals surface area contributed by atoms with Crippen LogP contribution in [0, 0.1) is 0 Å². The van der Waals surface area contributed by atoms with Gasteiger partial charge in [-0.15, -0.1) is 11.8 Å². The van der Waals surface area contributed by atoms with Crippen molar-refractivity contribution in [1.82, 2.24) is 20.9 Å². The van der Waals surface area contributed by atoms with Gasteiger partial charge in [-0.3, -0.25) is 24.1 Å². The molecule has 3 N–H and O–H groups in total. The first-order chi connectivity index (χ1) is 12.4. The maximum atomic E-state index is 12.4. The lowest BCUT2D eigenvalue weighted by Gasteiger charge is -2.17. The third kappa shape index (κ3) is 6.93. The van der Waals surface area contributed by atoms with Crippen LogP contribution < -0.4 is 16.0 Å². The predicted octanol–water partition coefficient (Wildman–Crippen LogP) is -1.28. The molecule has 0 aromatic rings. The Bertz CT molecular complexity index is 517. The van der Waals surface area contributed by atoms with E-state index in [4.69, 9.17) is 4.74 Å². The molecule has 1 saturated heterocycles. The molecular formula is C16H28N4O5S. The number of hydrogen-bond donors (Lipinski definition) is 3. The number of nitrogens with zero attached hydrogens (tertiary/aromatic N) is 1. The summed E-state index contributed by atoms with van der Waals surface area (Å²) in [6.45, 7) is 1.14. The summed E-state index contributed by atoms with van der Waals surface area (Å²) in [5, 5.41) is 7.64. The van der Waals surface area contributed by atoms with Crippen LogP contribution in [0.1, 0.15) is 19.3 Å². The van der Waals surface area contributed by atoms with Crippen LogP contribution >= 0.6 is 11.8 Å². The maximum absolute atomic E-state index is 12.4. The van der Waals surface area contributed by atoms with Crippen LogP contribution in [-0.4, -0.2) is 86.5 Å². The minimum atomic E-state index is -0.507. The Morgan fingerprint density at radius 1 is 1.35 bits per heavy atom. The van der Waals surface area contributed by atoms with Crippen molar-refractivity contribution in [3.05, 3.63) is 0 Å². The maximum Gasteiger partial charge on any atom is 0.242 e. The van der Waals surface area contributed by atoms with E-state index in [1.165, 1.54) is 11.8 Å². The van der Waals surface area contributed by atoms with Gasteiger partial charge in [-0.2, -0.15) is 0 Å². The molecule has 1 aliphatic rings. The normalized spacial score (nSPS) is 18.1. The van der Waals surface area contributed by atoms with E-state index in [1.54, 1.807) is 21.2 Å². The second-order valence-electron chi connectivity index (χ2n) is 5.81. The monoisotopic (exact) mass is 388 g/mol. The van der Waals surface area contributed by atoms with Gasteiger partial charge in [0, 0.05) is 52.4 Å². The fraction of sp³-hybridized carbons (Fsp3) is 0.750. The van der Waals surface area contributed by atoms with Crippen LogP contribution in [-0.2, 0) is 23.9 Å². The second kappa shape index (κ2) is 11.9. The summed E-state index contributed by atoms with van der Waals surface area (Å²) in [5.41, 5.74) is 0. The molecule has 1 fully saturated rings. The number of nitrogens with one attached hydrogen (secondary N) is 3. The molecule has 0 aromatic heterocycles. The zero-order chi connectivity index (χ0) is 19.5. The number of rotatable bonds is 12. The van der Waals surface area contributed by atoms with Gasteiger partial charge in [0.25, 0.3) is 0 Å². The van der Waals surface area contributed by atoms with E-state index in [0.29, 0.717) is 25.3 Å². The quantitative estimate of drug-likeness (QED) is 0.282. The molecule has 2 atom stereocenters. The zero-order valence-electron chi connectivity index (χ0n) is 15.5. The molecule has 1 heterocycles. The van der Waals surface area contributed by atoms with Crippen molar-refractivity contribution in [2.45, 2.75) is 30.6 Å². The SMILES string of the molecule is CNC(=O)[C@H](CSC1CC(=O)N(CCC(=O)NCCCOC)C1=O)NC. The third-order valence-corrected chi connectivity index (χ3v) is 5.28. The van der Waals surface area contributed by atoms with Gasteiger partial charge in [0.15, 0.2) is 0 Å². The molecule has 1 aliphatic heterocycles. The van der Waals surface area contributed by atoms with Crippen LogP contribution in [0.2, 0.25) is 0 Å². The number of likely N-dealkylation sites (N-methyl/N-ethyl adjacent to an activating group) is 2. The lowest BCUT2D eigenvalue weighted by molar-refractivity contribution is -0.138. The number of likely N-dealkylation sites (tertiary alicyclic amines) is 1. The predicted molar refractivity (Wildman–Crippen MR) is 98.6 cm³/mol. The summed E-state index contributed by atoms with van der Waals surface area (Å²) in [6, 6.07) is -0.431. The molecule has 0 saturated carbocycles. The average Bonchev–Trinajstić information content (AvgIpc) is 2.90. The summed E-state index contributed by atoms with van der Waals surface area (Å²) < 4.78 is 4.89. The second-order valence-corrected chi connectivity index (χ2v) is 7.05. The van der Waals surface area contributed by atoms with Crippen molar-refractivity contribution >= 4 is 35.4 Å². The smallest absolute Gasteiger partial charge is 0.242 e. The van der Waals surface area contributed by atoms with Crippen LogP contribution in [0.15, 0.2) is 0 Å². The number of imide groups is 1. The van der Waals surface area contributed by atoms with E-state index in [-0.39, 0.29) is 43.0 Å². The minimum Gasteiger partial charge on any atom is -0.385 e. The molecule has 0 spiro atoms. The van der Waals surface area contributed by atoms with E-state index in [2.05, 4.69) is 16.0 Å². The fourth-order valence-corrected chi connectivity index (χ4v) is 3.71. The number of hydrogen-bond acceptors (Lipinski definition) is 7. The summed E-state index contributed by atoms with van der Waals surface area (Å²) in [6.07, 6.45) is 0.892. The van der Waals surface area contributed by atoms with Gasteiger partial charge in [-0.1, -0.05) is 0 Å². The Labute approximate surface area is 157 Å². The summed E-state index contributed by atoms with van der Waals surface area (Å²) in [4.78, 5) is 49.0. The Morgan fingerprint density at radius 3 is 2.69 bits per heavy atom. The summed E-state index contributed by atoms with van der Waals surface area (Å²) >= 11 is 1.28. The summed E-state index contributed by atoms with van der Waals surface area (Å²) in [5.74, 6) is -0.556. The van der Waals surface area contributed by atoms with E-state index < -0.39 is 11.3 Å². The van der Waals surface area contributed by atoms with Gasteiger partial charge in [0.05, 0.1) is 11.3 Å². The lowest BCUT2D eigenvalue weighted by atomic mass is 10.3. The number of amides is 4. The van der Waals surface area contributed by atoms with Gasteiger partial charge >= 0.3 is 0 Å². The van der Waals surface area contributed by atoms with E-state index >= 15 is 0 Å². The van der Waals surface area contributed by atoms with Gasteiger partial charge in [-0.05, 0) is 13.5 Å². The Hall–Kier alpha value is -1.65. The highest BCUT2D eigenvalue weighted by molar-refractivity contribution is 8.00. The van der Waals surface area contributed by atoms with Crippen molar-refractivity contribution in [3.8, 4) is 0 Å². The Balaban J connectivity index is 2.41. The third-order valence-electron chi connectivity index (χ3n) is 3.99. The minimum absolute atomic E-state index is 0.0791. The molecule has 4 amide bonds. The fourth-order valence-electron chi connectivity index (χ4n) is 2.44. The Morgan fingerprint density at radius 2 is 2.08 bits per heavy atom. The molecular weight excluding hydrogens is 360 g/mol. The first-order valence-electron chi connectivity index (χ1n) is 8.54. The summed E-state index contributed by atoms with van der Waals surface area (Å²) in [7, 11) is 4.80. The number of methoxy groups -OCH3 is 1. The van der Waals surface area contributed by atoms with Crippen molar-refractivity contribution < 1.29 is 23.9 Å². The average molecular weight is 388 g/mol. The molecule has 0 aromatic carbocycles. The van der Waals surface area contributed by atoms with E-state index in [1.807, 2.05) is 0 Å². The molecule has 0 bridgehead atoms. The first kappa shape index (κ1) is 22.4. The van der Waals surface area contributed by atoms with Gasteiger partial charge in [0.1, 0.15) is 0 Å². The molecule has 26 heavy (non-hydrogen) atoms. The standard InChI is InChI=1S/C16H28N4O5S/c1-17-11(15(23)18-2)10-26-12-9-14(22)20(16(12)24)7-5-13(21)19-6-4-8-25-3/h11-12,17H,4-10H2,1-3H3,(H,18,23)(H,19,21)/t11-,12?/m0/s1.